The van der Waals surface area contributed by atoms with E-state index in [2.05, 4.69) is 4.90 Å². The molecule has 31 heavy (non-hydrogen) atoms. The number of nitrogens with zero attached hydrogens (tertiary/aromatic N) is 3. The number of anilines is 1. The van der Waals surface area contributed by atoms with Crippen LogP contribution in [0.25, 0.3) is 0 Å². The minimum atomic E-state index is -3.71. The van der Waals surface area contributed by atoms with Crippen molar-refractivity contribution in [3.63, 3.8) is 0 Å². The van der Waals surface area contributed by atoms with Crippen LogP contribution in [-0.2, 0) is 19.6 Å². The monoisotopic (exact) mass is 451 g/mol. The van der Waals surface area contributed by atoms with Crippen molar-refractivity contribution >= 4 is 27.6 Å². The van der Waals surface area contributed by atoms with Crippen LogP contribution in [0.3, 0.4) is 0 Å². The number of sulfonamides is 1. The van der Waals surface area contributed by atoms with Gasteiger partial charge in [0.05, 0.1) is 16.1 Å². The predicted molar refractivity (Wildman–Crippen MR) is 119 cm³/mol. The summed E-state index contributed by atoms with van der Waals surface area (Å²) in [5.41, 5.74) is 0.829. The summed E-state index contributed by atoms with van der Waals surface area (Å²) in [7, 11) is -0.811. The second kappa shape index (κ2) is 9.99. The van der Waals surface area contributed by atoms with Gasteiger partial charge in [0.1, 0.15) is 0 Å². The number of carbonyl (C=O) groups excluding carboxylic acids is 2. The molecule has 0 saturated carbocycles. The van der Waals surface area contributed by atoms with Gasteiger partial charge in [-0.3, -0.25) is 4.79 Å². The van der Waals surface area contributed by atoms with E-state index in [9.17, 15) is 18.0 Å². The second-order valence-corrected chi connectivity index (χ2v) is 10.6. The van der Waals surface area contributed by atoms with Crippen molar-refractivity contribution < 1.29 is 22.7 Å². The van der Waals surface area contributed by atoms with Gasteiger partial charge in [0.25, 0.3) is 5.91 Å². The SMILES string of the molecule is CC(OC(=O)c1cc(S(=O)(=O)N(C)C)ccc1N1CCCC1)C(=O)N1CCCCCC1. The van der Waals surface area contributed by atoms with Crippen molar-refractivity contribution in [1.29, 1.82) is 0 Å². The Hall–Kier alpha value is -2.13. The first-order chi connectivity index (χ1) is 14.7. The van der Waals surface area contributed by atoms with Gasteiger partial charge in [-0.2, -0.15) is 0 Å². The van der Waals surface area contributed by atoms with Crippen LogP contribution in [0.1, 0.15) is 55.8 Å². The van der Waals surface area contributed by atoms with Gasteiger partial charge < -0.3 is 14.5 Å². The van der Waals surface area contributed by atoms with E-state index in [0.29, 0.717) is 18.8 Å². The summed E-state index contributed by atoms with van der Waals surface area (Å²) in [5, 5.41) is 0. The fourth-order valence-electron chi connectivity index (χ4n) is 4.11. The average molecular weight is 452 g/mol. The third kappa shape index (κ3) is 5.38. The molecular formula is C22H33N3O5S. The molecule has 1 atom stereocenters. The van der Waals surface area contributed by atoms with Crippen LogP contribution in [0.5, 0.6) is 0 Å². The molecule has 2 heterocycles. The molecule has 1 amide bonds. The summed E-state index contributed by atoms with van der Waals surface area (Å²) in [5.74, 6) is -0.872. The van der Waals surface area contributed by atoms with Crippen LogP contribution in [0.2, 0.25) is 0 Å². The normalized spacial score (nSPS) is 18.7. The second-order valence-electron chi connectivity index (χ2n) is 8.45. The van der Waals surface area contributed by atoms with E-state index in [0.717, 1.165) is 55.9 Å². The van der Waals surface area contributed by atoms with E-state index in [1.165, 1.54) is 26.2 Å². The first kappa shape index (κ1) is 23.5. The van der Waals surface area contributed by atoms with Crippen molar-refractivity contribution in [3.8, 4) is 0 Å². The lowest BCUT2D eigenvalue weighted by Crippen LogP contribution is -2.40. The zero-order valence-electron chi connectivity index (χ0n) is 18.7. The first-order valence-corrected chi connectivity index (χ1v) is 12.5. The van der Waals surface area contributed by atoms with Crippen molar-refractivity contribution in [1.82, 2.24) is 9.21 Å². The van der Waals surface area contributed by atoms with Gasteiger partial charge in [-0.25, -0.2) is 17.5 Å². The Morgan fingerprint density at radius 1 is 0.968 bits per heavy atom. The Balaban J connectivity index is 1.85. The molecule has 1 unspecified atom stereocenters. The number of amides is 1. The number of carbonyl (C=O) groups is 2. The van der Waals surface area contributed by atoms with E-state index < -0.39 is 22.1 Å². The molecule has 2 saturated heterocycles. The lowest BCUT2D eigenvalue weighted by atomic mass is 10.1. The number of likely N-dealkylation sites (tertiary alicyclic amines) is 1. The lowest BCUT2D eigenvalue weighted by molar-refractivity contribution is -0.139. The molecule has 2 aliphatic heterocycles. The highest BCUT2D eigenvalue weighted by Crippen LogP contribution is 2.29. The van der Waals surface area contributed by atoms with Gasteiger partial charge in [0, 0.05) is 40.3 Å². The van der Waals surface area contributed by atoms with Crippen LogP contribution < -0.4 is 4.90 Å². The number of hydrogen-bond donors (Lipinski definition) is 0. The van der Waals surface area contributed by atoms with Gasteiger partial charge in [-0.1, -0.05) is 12.8 Å². The zero-order chi connectivity index (χ0) is 22.6. The zero-order valence-corrected chi connectivity index (χ0v) is 19.5. The predicted octanol–water partition coefficient (Wildman–Crippen LogP) is 2.49. The summed E-state index contributed by atoms with van der Waals surface area (Å²) in [4.78, 5) is 29.8. The molecule has 0 aromatic heterocycles. The topological polar surface area (TPSA) is 87.2 Å². The molecule has 0 radical (unpaired) electrons. The van der Waals surface area contributed by atoms with E-state index in [-0.39, 0.29) is 16.4 Å². The summed E-state index contributed by atoms with van der Waals surface area (Å²) in [6, 6.07) is 4.56. The molecule has 9 heteroatoms. The number of benzene rings is 1. The van der Waals surface area contributed by atoms with Gasteiger partial charge in [0.2, 0.25) is 10.0 Å². The maximum Gasteiger partial charge on any atom is 0.341 e. The Morgan fingerprint density at radius 3 is 2.13 bits per heavy atom. The largest absolute Gasteiger partial charge is 0.449 e. The third-order valence-electron chi connectivity index (χ3n) is 5.96. The molecule has 172 valence electrons. The van der Waals surface area contributed by atoms with Gasteiger partial charge in [-0.05, 0) is 50.8 Å². The van der Waals surface area contributed by atoms with Crippen LogP contribution >= 0.6 is 0 Å². The highest BCUT2D eigenvalue weighted by Gasteiger charge is 2.29. The molecule has 0 aliphatic carbocycles. The summed E-state index contributed by atoms with van der Waals surface area (Å²) in [6.45, 7) is 4.53. The number of rotatable bonds is 6. The molecular weight excluding hydrogens is 418 g/mol. The van der Waals surface area contributed by atoms with E-state index in [4.69, 9.17) is 4.74 Å². The summed E-state index contributed by atoms with van der Waals surface area (Å²) < 4.78 is 31.9. The highest BCUT2D eigenvalue weighted by atomic mass is 32.2. The smallest absolute Gasteiger partial charge is 0.341 e. The molecule has 2 fully saturated rings. The van der Waals surface area contributed by atoms with Crippen LogP contribution in [0.4, 0.5) is 5.69 Å². The van der Waals surface area contributed by atoms with Gasteiger partial charge in [-0.15, -0.1) is 0 Å². The molecule has 0 bridgehead atoms. The van der Waals surface area contributed by atoms with Crippen molar-refractivity contribution in [3.05, 3.63) is 23.8 Å². The summed E-state index contributed by atoms with van der Waals surface area (Å²) in [6.07, 6.45) is 5.21. The fourth-order valence-corrected chi connectivity index (χ4v) is 5.03. The van der Waals surface area contributed by atoms with Crippen LogP contribution in [0, 0.1) is 0 Å². The van der Waals surface area contributed by atoms with E-state index in [1.807, 2.05) is 0 Å². The molecule has 8 nitrogen and oxygen atoms in total. The number of ether oxygens (including phenoxy) is 1. The quantitative estimate of drug-likeness (QED) is 0.618. The Morgan fingerprint density at radius 2 is 1.55 bits per heavy atom. The van der Waals surface area contributed by atoms with Crippen molar-refractivity contribution in [2.75, 3.05) is 45.2 Å². The first-order valence-electron chi connectivity index (χ1n) is 11.0. The third-order valence-corrected chi connectivity index (χ3v) is 7.77. The number of hydrogen-bond acceptors (Lipinski definition) is 6. The minimum Gasteiger partial charge on any atom is -0.449 e. The van der Waals surface area contributed by atoms with Gasteiger partial charge in [0.15, 0.2) is 6.10 Å². The van der Waals surface area contributed by atoms with Crippen LogP contribution in [-0.4, -0.2) is 75.9 Å². The Labute approximate surface area is 185 Å². The van der Waals surface area contributed by atoms with Crippen LogP contribution in [0.15, 0.2) is 23.1 Å². The van der Waals surface area contributed by atoms with Gasteiger partial charge >= 0.3 is 5.97 Å². The minimum absolute atomic E-state index is 0.0268. The molecule has 0 N–H and O–H groups in total. The Kier molecular flexibility index (Phi) is 7.59. The molecule has 1 aromatic carbocycles. The lowest BCUT2D eigenvalue weighted by Gasteiger charge is -2.25. The van der Waals surface area contributed by atoms with E-state index >= 15 is 0 Å². The van der Waals surface area contributed by atoms with E-state index in [1.54, 1.807) is 17.9 Å². The number of esters is 1. The van der Waals surface area contributed by atoms with Crippen molar-refractivity contribution in [2.45, 2.75) is 56.4 Å². The molecule has 3 rings (SSSR count). The maximum atomic E-state index is 13.1. The van der Waals surface area contributed by atoms with Crippen molar-refractivity contribution in [2.24, 2.45) is 0 Å². The fraction of sp³-hybridized carbons (Fsp3) is 0.636. The average Bonchev–Trinajstić information content (AvgIpc) is 3.14. The standard InChI is InChI=1S/C22H33N3O5S/c1-17(21(26)25-14-6-4-5-7-15-25)30-22(27)19-16-18(31(28,29)23(2)3)10-11-20(19)24-12-8-9-13-24/h10-11,16-17H,4-9,12-15H2,1-3H3. The molecule has 0 spiro atoms. The maximum absolute atomic E-state index is 13.1. The highest BCUT2D eigenvalue weighted by molar-refractivity contribution is 7.89. The summed E-state index contributed by atoms with van der Waals surface area (Å²) >= 11 is 0. The molecule has 2 aliphatic rings. The Bertz CT molecular complexity index is 902. The molecule has 1 aromatic rings.